The quantitative estimate of drug-likeness (QED) is 0.869. The SMILES string of the molecule is CCCc1c(Cl)[nH]c(=O)n(Cc2cncs2)c1=O. The second-order valence-electron chi connectivity index (χ2n) is 3.83. The maximum Gasteiger partial charge on any atom is 0.329 e. The Labute approximate surface area is 112 Å². The lowest BCUT2D eigenvalue weighted by molar-refractivity contribution is 0.686. The Bertz CT molecular complexity index is 645. The van der Waals surface area contributed by atoms with Gasteiger partial charge in [-0.1, -0.05) is 24.9 Å². The number of halogens is 1. The van der Waals surface area contributed by atoms with Crippen LogP contribution in [0.4, 0.5) is 0 Å². The molecule has 96 valence electrons. The Morgan fingerprint density at radius 3 is 2.89 bits per heavy atom. The molecule has 0 aliphatic carbocycles. The van der Waals surface area contributed by atoms with E-state index in [2.05, 4.69) is 9.97 Å². The molecule has 0 bridgehead atoms. The van der Waals surface area contributed by atoms with Gasteiger partial charge >= 0.3 is 5.69 Å². The van der Waals surface area contributed by atoms with Crippen molar-refractivity contribution in [1.29, 1.82) is 0 Å². The number of thiazole rings is 1. The lowest BCUT2D eigenvalue weighted by Gasteiger charge is -2.07. The van der Waals surface area contributed by atoms with E-state index in [1.807, 2.05) is 6.92 Å². The number of hydrogen-bond acceptors (Lipinski definition) is 4. The minimum Gasteiger partial charge on any atom is -0.297 e. The van der Waals surface area contributed by atoms with Gasteiger partial charge in [0.25, 0.3) is 5.56 Å². The van der Waals surface area contributed by atoms with Crippen molar-refractivity contribution in [2.24, 2.45) is 0 Å². The van der Waals surface area contributed by atoms with Gasteiger partial charge < -0.3 is 0 Å². The maximum atomic E-state index is 12.2. The topological polar surface area (TPSA) is 67.8 Å². The van der Waals surface area contributed by atoms with Gasteiger partial charge in [-0.25, -0.2) is 4.79 Å². The van der Waals surface area contributed by atoms with Gasteiger partial charge in [-0.05, 0) is 6.42 Å². The van der Waals surface area contributed by atoms with Crippen LogP contribution in [0.3, 0.4) is 0 Å². The molecule has 0 radical (unpaired) electrons. The molecule has 0 saturated heterocycles. The van der Waals surface area contributed by atoms with Crippen molar-refractivity contribution >= 4 is 22.9 Å². The van der Waals surface area contributed by atoms with Crippen molar-refractivity contribution in [3.8, 4) is 0 Å². The largest absolute Gasteiger partial charge is 0.329 e. The lowest BCUT2D eigenvalue weighted by Crippen LogP contribution is -2.37. The van der Waals surface area contributed by atoms with Crippen molar-refractivity contribution in [2.75, 3.05) is 0 Å². The van der Waals surface area contributed by atoms with Crippen molar-refractivity contribution in [3.05, 3.63) is 48.1 Å². The van der Waals surface area contributed by atoms with E-state index in [0.717, 1.165) is 15.9 Å². The number of aromatic amines is 1. The maximum absolute atomic E-state index is 12.2. The summed E-state index contributed by atoms with van der Waals surface area (Å²) < 4.78 is 1.16. The molecule has 5 nitrogen and oxygen atoms in total. The average Bonchev–Trinajstić information content (AvgIpc) is 2.83. The molecule has 0 atom stereocenters. The molecule has 2 aromatic rings. The fourth-order valence-electron chi connectivity index (χ4n) is 1.67. The number of rotatable bonds is 4. The zero-order valence-corrected chi connectivity index (χ0v) is 11.3. The second kappa shape index (κ2) is 5.49. The minimum atomic E-state index is -0.488. The molecule has 0 aliphatic rings. The molecule has 0 aromatic carbocycles. The average molecular weight is 286 g/mol. The molecule has 18 heavy (non-hydrogen) atoms. The predicted octanol–water partition coefficient (Wildman–Crippen LogP) is 1.65. The molecule has 2 rings (SSSR count). The van der Waals surface area contributed by atoms with Crippen LogP contribution in [0, 0.1) is 0 Å². The van der Waals surface area contributed by atoms with Crippen LogP contribution in [-0.2, 0) is 13.0 Å². The molecule has 2 aromatic heterocycles. The molecule has 0 aliphatic heterocycles. The summed E-state index contributed by atoms with van der Waals surface area (Å²) in [4.78, 5) is 31.2. The van der Waals surface area contributed by atoms with E-state index in [0.29, 0.717) is 12.0 Å². The third-order valence-corrected chi connectivity index (χ3v) is 3.61. The molecule has 0 unspecified atom stereocenters. The normalized spacial score (nSPS) is 10.8. The highest BCUT2D eigenvalue weighted by Gasteiger charge is 2.12. The van der Waals surface area contributed by atoms with Crippen molar-refractivity contribution in [1.82, 2.24) is 14.5 Å². The van der Waals surface area contributed by atoms with E-state index in [1.54, 1.807) is 11.7 Å². The van der Waals surface area contributed by atoms with Crippen LogP contribution in [0.15, 0.2) is 21.3 Å². The van der Waals surface area contributed by atoms with Gasteiger partial charge in [0.2, 0.25) is 0 Å². The highest BCUT2D eigenvalue weighted by Crippen LogP contribution is 2.10. The molecular formula is C11H12ClN3O2S. The van der Waals surface area contributed by atoms with Crippen LogP contribution in [0.2, 0.25) is 5.15 Å². The van der Waals surface area contributed by atoms with Crippen LogP contribution >= 0.6 is 22.9 Å². The van der Waals surface area contributed by atoms with E-state index in [9.17, 15) is 9.59 Å². The molecule has 1 N–H and O–H groups in total. The lowest BCUT2D eigenvalue weighted by atomic mass is 10.2. The van der Waals surface area contributed by atoms with Gasteiger partial charge in [-0.15, -0.1) is 11.3 Å². The predicted molar refractivity (Wildman–Crippen MR) is 71.5 cm³/mol. The summed E-state index contributed by atoms with van der Waals surface area (Å²) in [5.74, 6) is 0. The molecule has 7 heteroatoms. The van der Waals surface area contributed by atoms with Crippen LogP contribution < -0.4 is 11.2 Å². The highest BCUT2D eigenvalue weighted by molar-refractivity contribution is 7.09. The third-order valence-electron chi connectivity index (χ3n) is 2.53. The van der Waals surface area contributed by atoms with Gasteiger partial charge in [0.1, 0.15) is 5.15 Å². The fraction of sp³-hybridized carbons (Fsp3) is 0.364. The summed E-state index contributed by atoms with van der Waals surface area (Å²) >= 11 is 7.29. The van der Waals surface area contributed by atoms with Gasteiger partial charge in [-0.2, -0.15) is 0 Å². The molecule has 0 fully saturated rings. The standard InChI is InChI=1S/C11H12ClN3O2S/c1-2-3-8-9(12)14-11(17)15(10(8)16)5-7-4-13-6-18-7/h4,6H,2-3,5H2,1H3,(H,14,17). The van der Waals surface area contributed by atoms with Gasteiger partial charge in [-0.3, -0.25) is 19.3 Å². The van der Waals surface area contributed by atoms with Crippen molar-refractivity contribution in [2.45, 2.75) is 26.3 Å². The van der Waals surface area contributed by atoms with E-state index in [1.165, 1.54) is 11.3 Å². The fourth-order valence-corrected chi connectivity index (χ4v) is 2.51. The Kier molecular flexibility index (Phi) is 3.98. The van der Waals surface area contributed by atoms with Crippen LogP contribution in [-0.4, -0.2) is 14.5 Å². The first-order valence-electron chi connectivity index (χ1n) is 5.52. The van der Waals surface area contributed by atoms with Crippen LogP contribution in [0.5, 0.6) is 0 Å². The van der Waals surface area contributed by atoms with E-state index >= 15 is 0 Å². The zero-order valence-electron chi connectivity index (χ0n) is 9.77. The Morgan fingerprint density at radius 1 is 1.50 bits per heavy atom. The Hall–Kier alpha value is -1.40. The van der Waals surface area contributed by atoms with E-state index in [4.69, 9.17) is 11.6 Å². The first kappa shape index (κ1) is 13.0. The number of nitrogens with zero attached hydrogens (tertiary/aromatic N) is 2. The minimum absolute atomic E-state index is 0.146. The van der Waals surface area contributed by atoms with E-state index < -0.39 is 5.69 Å². The summed E-state index contributed by atoms with van der Waals surface area (Å²) in [5, 5.41) is 0.146. The molecule has 0 amide bonds. The zero-order chi connectivity index (χ0) is 13.1. The monoisotopic (exact) mass is 285 g/mol. The summed E-state index contributed by atoms with van der Waals surface area (Å²) in [6.07, 6.45) is 2.99. The van der Waals surface area contributed by atoms with Crippen molar-refractivity contribution < 1.29 is 0 Å². The summed E-state index contributed by atoms with van der Waals surface area (Å²) in [6.45, 7) is 2.18. The van der Waals surface area contributed by atoms with Gasteiger partial charge in [0, 0.05) is 11.1 Å². The number of hydrogen-bond donors (Lipinski definition) is 1. The summed E-state index contributed by atoms with van der Waals surface area (Å²) in [7, 11) is 0. The van der Waals surface area contributed by atoms with Gasteiger partial charge in [0.15, 0.2) is 0 Å². The Morgan fingerprint density at radius 2 is 2.28 bits per heavy atom. The van der Waals surface area contributed by atoms with E-state index in [-0.39, 0.29) is 17.3 Å². The molecule has 0 saturated carbocycles. The molecular weight excluding hydrogens is 274 g/mol. The third kappa shape index (κ3) is 2.54. The van der Waals surface area contributed by atoms with Crippen LogP contribution in [0.1, 0.15) is 23.8 Å². The first-order valence-corrected chi connectivity index (χ1v) is 6.78. The summed E-state index contributed by atoms with van der Waals surface area (Å²) in [5.41, 5.74) is 1.32. The Balaban J connectivity index is 2.50. The number of nitrogens with one attached hydrogen (secondary N) is 1. The number of H-pyrrole nitrogens is 1. The second-order valence-corrected chi connectivity index (χ2v) is 5.18. The molecule has 2 heterocycles. The highest BCUT2D eigenvalue weighted by atomic mass is 35.5. The first-order chi connectivity index (χ1) is 8.63. The number of aromatic nitrogens is 3. The molecule has 0 spiro atoms. The van der Waals surface area contributed by atoms with Crippen LogP contribution in [0.25, 0.3) is 0 Å². The van der Waals surface area contributed by atoms with Gasteiger partial charge in [0.05, 0.1) is 17.6 Å². The van der Waals surface area contributed by atoms with Crippen molar-refractivity contribution in [3.63, 3.8) is 0 Å². The summed E-state index contributed by atoms with van der Waals surface area (Å²) in [6, 6.07) is 0. The smallest absolute Gasteiger partial charge is 0.297 e.